The van der Waals surface area contributed by atoms with Gasteiger partial charge < -0.3 is 0 Å². The van der Waals surface area contributed by atoms with Crippen molar-refractivity contribution in [1.29, 1.82) is 0 Å². The molecule has 0 aromatic heterocycles. The number of rotatable bonds is 2. The van der Waals surface area contributed by atoms with Crippen LogP contribution < -0.4 is 0 Å². The van der Waals surface area contributed by atoms with Crippen molar-refractivity contribution in [3.05, 3.63) is 58.6 Å². The van der Waals surface area contributed by atoms with Crippen LogP contribution in [-0.2, 0) is 4.79 Å². The molecule has 0 N–H and O–H groups in total. The molecular formula is C14H13BrO. The van der Waals surface area contributed by atoms with Crippen molar-refractivity contribution in [3.63, 3.8) is 0 Å². The summed E-state index contributed by atoms with van der Waals surface area (Å²) in [5.41, 5.74) is 2.14. The zero-order valence-electron chi connectivity index (χ0n) is 9.11. The van der Waals surface area contributed by atoms with E-state index >= 15 is 0 Å². The van der Waals surface area contributed by atoms with Crippen LogP contribution in [0.2, 0.25) is 0 Å². The SMILES string of the molecule is C=C1C=C[C@H](C(C)=O)[C@H]1c1ccccc1Br. The molecule has 82 valence electrons. The Kier molecular flexibility index (Phi) is 3.10. The number of ketones is 1. The van der Waals surface area contributed by atoms with E-state index in [1.807, 2.05) is 36.4 Å². The monoisotopic (exact) mass is 276 g/mol. The number of carbonyl (C=O) groups is 1. The Labute approximate surface area is 104 Å². The molecule has 0 fully saturated rings. The van der Waals surface area contributed by atoms with Crippen molar-refractivity contribution in [2.45, 2.75) is 12.8 Å². The molecule has 1 nitrogen and oxygen atoms in total. The first kappa shape index (κ1) is 11.3. The number of allylic oxidation sites excluding steroid dienone is 3. The maximum absolute atomic E-state index is 11.6. The van der Waals surface area contributed by atoms with E-state index in [1.54, 1.807) is 6.92 Å². The van der Waals surface area contributed by atoms with E-state index in [0.717, 1.165) is 15.6 Å². The van der Waals surface area contributed by atoms with Crippen LogP contribution in [0.15, 0.2) is 53.0 Å². The van der Waals surface area contributed by atoms with Crippen LogP contribution >= 0.6 is 15.9 Å². The van der Waals surface area contributed by atoms with Crippen molar-refractivity contribution >= 4 is 21.7 Å². The minimum atomic E-state index is -0.0637. The lowest BCUT2D eigenvalue weighted by atomic mass is 9.84. The van der Waals surface area contributed by atoms with Gasteiger partial charge in [-0.3, -0.25) is 4.79 Å². The summed E-state index contributed by atoms with van der Waals surface area (Å²) in [6.45, 7) is 5.66. The Morgan fingerprint density at radius 1 is 1.38 bits per heavy atom. The van der Waals surface area contributed by atoms with Gasteiger partial charge in [-0.2, -0.15) is 0 Å². The smallest absolute Gasteiger partial charge is 0.137 e. The third kappa shape index (κ3) is 1.90. The van der Waals surface area contributed by atoms with Gasteiger partial charge in [0.2, 0.25) is 0 Å². The van der Waals surface area contributed by atoms with Gasteiger partial charge in [-0.25, -0.2) is 0 Å². The molecule has 0 bridgehead atoms. The largest absolute Gasteiger partial charge is 0.299 e. The molecule has 0 unspecified atom stereocenters. The molecule has 1 aliphatic carbocycles. The maximum Gasteiger partial charge on any atom is 0.137 e. The predicted octanol–water partition coefficient (Wildman–Crippen LogP) is 3.86. The molecule has 2 atom stereocenters. The summed E-state index contributed by atoms with van der Waals surface area (Å²) in [7, 11) is 0. The lowest BCUT2D eigenvalue weighted by Crippen LogP contribution is -2.15. The molecular weight excluding hydrogens is 264 g/mol. The number of halogens is 1. The summed E-state index contributed by atoms with van der Waals surface area (Å²) in [5, 5.41) is 0. The topological polar surface area (TPSA) is 17.1 Å². The van der Waals surface area contributed by atoms with Crippen molar-refractivity contribution < 1.29 is 4.79 Å². The normalized spacial score (nSPS) is 23.8. The third-order valence-corrected chi connectivity index (χ3v) is 3.71. The molecule has 2 rings (SSSR count). The summed E-state index contributed by atoms with van der Waals surface area (Å²) in [4.78, 5) is 11.6. The van der Waals surface area contributed by atoms with Crippen LogP contribution in [0.5, 0.6) is 0 Å². The van der Waals surface area contributed by atoms with E-state index in [9.17, 15) is 4.79 Å². The van der Waals surface area contributed by atoms with Gasteiger partial charge in [0.1, 0.15) is 5.78 Å². The molecule has 0 amide bonds. The molecule has 1 aromatic rings. The van der Waals surface area contributed by atoms with Crippen molar-refractivity contribution in [2.75, 3.05) is 0 Å². The summed E-state index contributed by atoms with van der Waals surface area (Å²) in [6.07, 6.45) is 3.91. The van der Waals surface area contributed by atoms with Gasteiger partial charge in [0.05, 0.1) is 0 Å². The molecule has 0 saturated heterocycles. The van der Waals surface area contributed by atoms with Gasteiger partial charge in [-0.05, 0) is 24.1 Å². The number of benzene rings is 1. The van der Waals surface area contributed by atoms with Crippen LogP contribution in [0.1, 0.15) is 18.4 Å². The number of hydrogen-bond acceptors (Lipinski definition) is 1. The zero-order chi connectivity index (χ0) is 11.7. The predicted molar refractivity (Wildman–Crippen MR) is 69.3 cm³/mol. The third-order valence-electron chi connectivity index (χ3n) is 2.99. The van der Waals surface area contributed by atoms with Crippen molar-refractivity contribution in [2.24, 2.45) is 5.92 Å². The van der Waals surface area contributed by atoms with E-state index in [2.05, 4.69) is 22.5 Å². The molecule has 0 heterocycles. The highest BCUT2D eigenvalue weighted by Crippen LogP contribution is 2.41. The van der Waals surface area contributed by atoms with E-state index in [1.165, 1.54) is 0 Å². The highest BCUT2D eigenvalue weighted by atomic mass is 79.9. The van der Waals surface area contributed by atoms with Crippen LogP contribution in [0.3, 0.4) is 0 Å². The van der Waals surface area contributed by atoms with Gasteiger partial charge >= 0.3 is 0 Å². The molecule has 2 heteroatoms. The van der Waals surface area contributed by atoms with Crippen LogP contribution in [-0.4, -0.2) is 5.78 Å². The average molecular weight is 277 g/mol. The summed E-state index contributed by atoms with van der Waals surface area (Å²) in [5.74, 6) is 0.218. The van der Waals surface area contributed by atoms with Gasteiger partial charge in [-0.1, -0.05) is 52.9 Å². The second-order valence-electron chi connectivity index (χ2n) is 4.07. The lowest BCUT2D eigenvalue weighted by Gasteiger charge is -2.20. The minimum absolute atomic E-state index is 0.0637. The first-order valence-corrected chi connectivity index (χ1v) is 6.02. The standard InChI is InChI=1S/C14H13BrO/c1-9-7-8-11(10(2)16)14(9)12-5-3-4-6-13(12)15/h3-8,11,14H,1H2,2H3/t11-,14+/m1/s1. The summed E-state index contributed by atoms with van der Waals surface area (Å²) >= 11 is 3.53. The van der Waals surface area contributed by atoms with E-state index < -0.39 is 0 Å². The first-order chi connectivity index (χ1) is 7.61. The number of Topliss-reactive ketones (excluding diaryl/α,β-unsaturated/α-hetero) is 1. The van der Waals surface area contributed by atoms with E-state index in [0.29, 0.717) is 0 Å². The average Bonchev–Trinajstić information content (AvgIpc) is 2.61. The second kappa shape index (κ2) is 4.38. The van der Waals surface area contributed by atoms with Crippen molar-refractivity contribution in [1.82, 2.24) is 0 Å². The molecule has 16 heavy (non-hydrogen) atoms. The van der Waals surface area contributed by atoms with Gasteiger partial charge in [0.25, 0.3) is 0 Å². The highest BCUT2D eigenvalue weighted by Gasteiger charge is 2.31. The molecule has 1 aliphatic rings. The summed E-state index contributed by atoms with van der Waals surface area (Å²) in [6, 6.07) is 8.01. The second-order valence-corrected chi connectivity index (χ2v) is 4.92. The fraction of sp³-hybridized carbons (Fsp3) is 0.214. The Balaban J connectivity index is 2.44. The van der Waals surface area contributed by atoms with Crippen LogP contribution in [0, 0.1) is 5.92 Å². The molecule has 0 radical (unpaired) electrons. The molecule has 0 saturated carbocycles. The highest BCUT2D eigenvalue weighted by molar-refractivity contribution is 9.10. The molecule has 0 aliphatic heterocycles. The fourth-order valence-electron chi connectivity index (χ4n) is 2.16. The van der Waals surface area contributed by atoms with E-state index in [4.69, 9.17) is 0 Å². The molecule has 0 spiro atoms. The fourth-order valence-corrected chi connectivity index (χ4v) is 2.69. The molecule has 1 aromatic carbocycles. The van der Waals surface area contributed by atoms with Crippen LogP contribution in [0.25, 0.3) is 0 Å². The van der Waals surface area contributed by atoms with Crippen LogP contribution in [0.4, 0.5) is 0 Å². The van der Waals surface area contributed by atoms with E-state index in [-0.39, 0.29) is 17.6 Å². The Bertz CT molecular complexity index is 473. The Hall–Kier alpha value is -1.15. The first-order valence-electron chi connectivity index (χ1n) is 5.23. The number of carbonyl (C=O) groups excluding carboxylic acids is 1. The lowest BCUT2D eigenvalue weighted by molar-refractivity contribution is -0.119. The number of hydrogen-bond donors (Lipinski definition) is 0. The quantitative estimate of drug-likeness (QED) is 0.802. The van der Waals surface area contributed by atoms with Crippen molar-refractivity contribution in [3.8, 4) is 0 Å². The Morgan fingerprint density at radius 3 is 2.69 bits per heavy atom. The minimum Gasteiger partial charge on any atom is -0.299 e. The van der Waals surface area contributed by atoms with Gasteiger partial charge in [0.15, 0.2) is 0 Å². The van der Waals surface area contributed by atoms with Gasteiger partial charge in [-0.15, -0.1) is 0 Å². The maximum atomic E-state index is 11.6. The van der Waals surface area contributed by atoms with Gasteiger partial charge in [0, 0.05) is 16.3 Å². The Morgan fingerprint density at radius 2 is 2.06 bits per heavy atom. The zero-order valence-corrected chi connectivity index (χ0v) is 10.7. The summed E-state index contributed by atoms with van der Waals surface area (Å²) < 4.78 is 1.04.